The summed E-state index contributed by atoms with van der Waals surface area (Å²) in [6.45, 7) is 6.90. The predicted octanol–water partition coefficient (Wildman–Crippen LogP) is 0.577. The molecular formula is C17H23N3O3. The van der Waals surface area contributed by atoms with Crippen LogP contribution < -0.4 is 14.8 Å². The van der Waals surface area contributed by atoms with Gasteiger partial charge in [-0.1, -0.05) is 6.07 Å². The van der Waals surface area contributed by atoms with E-state index in [0.29, 0.717) is 36.3 Å². The van der Waals surface area contributed by atoms with Gasteiger partial charge in [-0.15, -0.1) is 0 Å². The van der Waals surface area contributed by atoms with E-state index in [2.05, 4.69) is 10.2 Å². The maximum atomic E-state index is 12.9. The SMILES string of the molecule is O=C(c1cccc2c1OCCO2)N1CCC(N2CCNCC2)C1. The minimum Gasteiger partial charge on any atom is -0.486 e. The zero-order valence-electron chi connectivity index (χ0n) is 13.3. The van der Waals surface area contributed by atoms with Crippen molar-refractivity contribution in [2.75, 3.05) is 52.5 Å². The van der Waals surface area contributed by atoms with Gasteiger partial charge in [0.25, 0.3) is 5.91 Å². The summed E-state index contributed by atoms with van der Waals surface area (Å²) in [5.74, 6) is 1.35. The number of amides is 1. The summed E-state index contributed by atoms with van der Waals surface area (Å²) in [5.41, 5.74) is 0.628. The average Bonchev–Trinajstić information content (AvgIpc) is 3.11. The van der Waals surface area contributed by atoms with Crippen LogP contribution in [0.4, 0.5) is 0 Å². The van der Waals surface area contributed by atoms with Gasteiger partial charge in [-0.2, -0.15) is 0 Å². The first-order valence-corrected chi connectivity index (χ1v) is 8.45. The van der Waals surface area contributed by atoms with Gasteiger partial charge in [0.15, 0.2) is 11.5 Å². The molecule has 0 aromatic heterocycles. The fraction of sp³-hybridized carbons (Fsp3) is 0.588. The van der Waals surface area contributed by atoms with Crippen molar-refractivity contribution >= 4 is 5.91 Å². The molecule has 3 aliphatic rings. The van der Waals surface area contributed by atoms with E-state index in [0.717, 1.165) is 45.7 Å². The molecule has 2 fully saturated rings. The summed E-state index contributed by atoms with van der Waals surface area (Å²) < 4.78 is 11.3. The number of rotatable bonds is 2. The van der Waals surface area contributed by atoms with Crippen molar-refractivity contribution in [3.63, 3.8) is 0 Å². The second-order valence-electron chi connectivity index (χ2n) is 6.31. The Labute approximate surface area is 136 Å². The summed E-state index contributed by atoms with van der Waals surface area (Å²) >= 11 is 0. The van der Waals surface area contributed by atoms with Crippen LogP contribution in [-0.4, -0.2) is 74.2 Å². The van der Waals surface area contributed by atoms with Gasteiger partial charge >= 0.3 is 0 Å². The molecule has 1 aromatic carbocycles. The molecule has 1 atom stereocenters. The summed E-state index contributed by atoms with van der Waals surface area (Å²) in [7, 11) is 0. The van der Waals surface area contributed by atoms with Gasteiger partial charge in [-0.3, -0.25) is 9.69 Å². The van der Waals surface area contributed by atoms with E-state index >= 15 is 0 Å². The molecular weight excluding hydrogens is 294 g/mol. The van der Waals surface area contributed by atoms with Crippen LogP contribution in [0.1, 0.15) is 16.8 Å². The molecule has 0 radical (unpaired) electrons. The Morgan fingerprint density at radius 3 is 2.83 bits per heavy atom. The molecule has 6 heteroatoms. The Bertz CT molecular complexity index is 586. The van der Waals surface area contributed by atoms with Crippen molar-refractivity contribution < 1.29 is 14.3 Å². The third kappa shape index (κ3) is 2.88. The van der Waals surface area contributed by atoms with Gasteiger partial charge in [0.05, 0.1) is 5.56 Å². The lowest BCUT2D eigenvalue weighted by atomic mass is 10.1. The average molecular weight is 317 g/mol. The number of ether oxygens (including phenoxy) is 2. The van der Waals surface area contributed by atoms with Crippen LogP contribution in [0.15, 0.2) is 18.2 Å². The topological polar surface area (TPSA) is 54.0 Å². The molecule has 3 aliphatic heterocycles. The Kier molecular flexibility index (Phi) is 4.10. The third-order valence-corrected chi connectivity index (χ3v) is 4.92. The minimum atomic E-state index is 0.0602. The third-order valence-electron chi connectivity index (χ3n) is 4.92. The highest BCUT2D eigenvalue weighted by atomic mass is 16.6. The number of nitrogens with one attached hydrogen (secondary N) is 1. The Balaban J connectivity index is 1.48. The molecule has 0 bridgehead atoms. The van der Waals surface area contributed by atoms with Gasteiger partial charge in [-0.25, -0.2) is 0 Å². The first-order valence-electron chi connectivity index (χ1n) is 8.45. The number of fused-ring (bicyclic) bond motifs is 1. The number of nitrogens with zero attached hydrogens (tertiary/aromatic N) is 2. The van der Waals surface area contributed by atoms with E-state index in [-0.39, 0.29) is 5.91 Å². The minimum absolute atomic E-state index is 0.0602. The number of benzene rings is 1. The van der Waals surface area contributed by atoms with Crippen LogP contribution >= 0.6 is 0 Å². The monoisotopic (exact) mass is 317 g/mol. The van der Waals surface area contributed by atoms with Crippen LogP contribution in [-0.2, 0) is 0 Å². The van der Waals surface area contributed by atoms with Crippen molar-refractivity contribution in [1.29, 1.82) is 0 Å². The van der Waals surface area contributed by atoms with Crippen molar-refractivity contribution in [1.82, 2.24) is 15.1 Å². The molecule has 3 heterocycles. The number of carbonyl (C=O) groups is 1. The summed E-state index contributed by atoms with van der Waals surface area (Å²) in [6, 6.07) is 6.05. The zero-order valence-corrected chi connectivity index (χ0v) is 13.3. The van der Waals surface area contributed by atoms with Gasteiger partial charge in [0.1, 0.15) is 13.2 Å². The zero-order chi connectivity index (χ0) is 15.6. The molecule has 0 spiro atoms. The predicted molar refractivity (Wildman–Crippen MR) is 86.2 cm³/mol. The molecule has 1 unspecified atom stereocenters. The fourth-order valence-corrected chi connectivity index (χ4v) is 3.68. The molecule has 0 aliphatic carbocycles. The molecule has 6 nitrogen and oxygen atoms in total. The number of hydrogen-bond acceptors (Lipinski definition) is 5. The van der Waals surface area contributed by atoms with Crippen LogP contribution in [0.5, 0.6) is 11.5 Å². The Morgan fingerprint density at radius 1 is 1.13 bits per heavy atom. The van der Waals surface area contributed by atoms with Crippen molar-refractivity contribution in [2.45, 2.75) is 12.5 Å². The number of hydrogen-bond donors (Lipinski definition) is 1. The van der Waals surface area contributed by atoms with Gasteiger partial charge in [-0.05, 0) is 18.6 Å². The smallest absolute Gasteiger partial charge is 0.257 e. The molecule has 2 saturated heterocycles. The van der Waals surface area contributed by atoms with Crippen molar-refractivity contribution in [3.05, 3.63) is 23.8 Å². The van der Waals surface area contributed by atoms with Crippen molar-refractivity contribution in [2.24, 2.45) is 0 Å². The van der Waals surface area contributed by atoms with E-state index in [4.69, 9.17) is 9.47 Å². The summed E-state index contributed by atoms with van der Waals surface area (Å²) in [5, 5.41) is 3.38. The standard InChI is InChI=1S/C17H23N3O3/c21-17(14-2-1-3-15-16(14)23-11-10-22-15)20-7-4-13(12-20)19-8-5-18-6-9-19/h1-3,13,18H,4-12H2. The maximum Gasteiger partial charge on any atom is 0.257 e. The largest absolute Gasteiger partial charge is 0.486 e. The molecule has 1 N–H and O–H groups in total. The number of piperazine rings is 1. The number of likely N-dealkylation sites (tertiary alicyclic amines) is 1. The first-order chi connectivity index (χ1) is 11.3. The van der Waals surface area contributed by atoms with Crippen molar-refractivity contribution in [3.8, 4) is 11.5 Å². The van der Waals surface area contributed by atoms with Crippen LogP contribution in [0.2, 0.25) is 0 Å². The second-order valence-corrected chi connectivity index (χ2v) is 6.31. The van der Waals surface area contributed by atoms with E-state index < -0.39 is 0 Å². The first kappa shape index (κ1) is 14.8. The summed E-state index contributed by atoms with van der Waals surface area (Å²) in [4.78, 5) is 17.4. The van der Waals surface area contributed by atoms with Gasteiger partial charge in [0.2, 0.25) is 0 Å². The normalized spacial score (nSPS) is 24.7. The molecule has 0 saturated carbocycles. The Morgan fingerprint density at radius 2 is 1.96 bits per heavy atom. The lowest BCUT2D eigenvalue weighted by Crippen LogP contribution is -2.49. The highest BCUT2D eigenvalue weighted by molar-refractivity contribution is 5.98. The van der Waals surface area contributed by atoms with E-state index in [1.165, 1.54) is 0 Å². The van der Waals surface area contributed by atoms with Crippen LogP contribution in [0.3, 0.4) is 0 Å². The van der Waals surface area contributed by atoms with Crippen LogP contribution in [0.25, 0.3) is 0 Å². The summed E-state index contributed by atoms with van der Waals surface area (Å²) in [6.07, 6.45) is 1.05. The fourth-order valence-electron chi connectivity index (χ4n) is 3.68. The highest BCUT2D eigenvalue weighted by Crippen LogP contribution is 2.34. The van der Waals surface area contributed by atoms with E-state index in [9.17, 15) is 4.79 Å². The Hall–Kier alpha value is -1.79. The van der Waals surface area contributed by atoms with E-state index in [1.807, 2.05) is 23.1 Å². The number of carbonyl (C=O) groups excluding carboxylic acids is 1. The lowest BCUT2D eigenvalue weighted by Gasteiger charge is -2.32. The molecule has 124 valence electrons. The second kappa shape index (κ2) is 6.37. The molecule has 23 heavy (non-hydrogen) atoms. The number of para-hydroxylation sites is 1. The van der Waals surface area contributed by atoms with E-state index in [1.54, 1.807) is 0 Å². The molecule has 1 amide bonds. The maximum absolute atomic E-state index is 12.9. The van der Waals surface area contributed by atoms with Gasteiger partial charge < -0.3 is 19.7 Å². The molecule has 1 aromatic rings. The molecule has 4 rings (SSSR count). The van der Waals surface area contributed by atoms with Gasteiger partial charge in [0, 0.05) is 45.3 Å². The lowest BCUT2D eigenvalue weighted by molar-refractivity contribution is 0.0763. The van der Waals surface area contributed by atoms with Crippen LogP contribution in [0, 0.1) is 0 Å². The highest BCUT2D eigenvalue weighted by Gasteiger charge is 2.33. The quantitative estimate of drug-likeness (QED) is 0.865.